The van der Waals surface area contributed by atoms with Crippen molar-refractivity contribution in [1.29, 1.82) is 0 Å². The first kappa shape index (κ1) is 28.3. The molecule has 1 radical (unpaired) electrons. The number of aliphatic hydroxyl groups is 2. The number of rotatable bonds is 8. The first-order chi connectivity index (χ1) is 14.6. The molecule has 1 fully saturated rings. The van der Waals surface area contributed by atoms with Crippen LogP contribution in [0.5, 0.6) is 0 Å². The van der Waals surface area contributed by atoms with E-state index in [0.29, 0.717) is 0 Å². The number of aromatic amines is 1. The number of hydrogen-bond donors (Lipinski definition) is 8. The van der Waals surface area contributed by atoms with E-state index in [4.69, 9.17) is 25.2 Å². The second-order valence-electron chi connectivity index (χ2n) is 6.21. The molecule has 1 saturated heterocycles. The van der Waals surface area contributed by atoms with Gasteiger partial charge in [-0.2, -0.15) is 13.6 Å². The molecule has 3 rings (SSSR count). The standard InChI is InChI=1S/C10H16N5O14P3.Li/c11-10-13-7-4(8(18)14-10)12-2-15(7)9-6(17)5(16)3(27-9)1-26-31(22,23)29-32(24,25)28-30(19,20)21;/h2-3,5-6,9,16-17H,1H2,(H,22,23)(H,24,25)(H2,19,20,21)(H3,11,13,14,18);. The van der Waals surface area contributed by atoms with E-state index in [1.165, 1.54) is 0 Å². The third kappa shape index (κ3) is 6.80. The van der Waals surface area contributed by atoms with E-state index in [1.807, 2.05) is 0 Å². The summed E-state index contributed by atoms with van der Waals surface area (Å²) in [6.45, 7) is -1.01. The molecule has 2 aromatic heterocycles. The largest absolute Gasteiger partial charge is 0.490 e. The Hall–Kier alpha value is -0.963. The summed E-state index contributed by atoms with van der Waals surface area (Å²) in [7, 11) is -16.8. The van der Waals surface area contributed by atoms with Crippen molar-refractivity contribution in [2.24, 2.45) is 0 Å². The van der Waals surface area contributed by atoms with E-state index < -0.39 is 60.2 Å². The predicted molar refractivity (Wildman–Crippen MR) is 104 cm³/mol. The van der Waals surface area contributed by atoms with Gasteiger partial charge >= 0.3 is 23.5 Å². The van der Waals surface area contributed by atoms with E-state index in [1.54, 1.807) is 0 Å². The quantitative estimate of drug-likeness (QED) is 0.127. The van der Waals surface area contributed by atoms with Gasteiger partial charge in [-0.1, -0.05) is 0 Å². The number of hydrogen-bond acceptors (Lipinski definition) is 13. The molecule has 9 N–H and O–H groups in total. The average Bonchev–Trinajstić information content (AvgIpc) is 3.12. The summed E-state index contributed by atoms with van der Waals surface area (Å²) >= 11 is 0. The molecular formula is C10H16LiN5O14P3. The Bertz CT molecular complexity index is 1210. The van der Waals surface area contributed by atoms with Crippen LogP contribution in [-0.2, 0) is 31.6 Å². The summed E-state index contributed by atoms with van der Waals surface area (Å²) < 4.78 is 51.6. The normalized spacial score (nSPS) is 27.1. The van der Waals surface area contributed by atoms with Gasteiger partial charge in [0.15, 0.2) is 17.4 Å². The first-order valence-electron chi connectivity index (χ1n) is 8.11. The molecule has 1 aliphatic rings. The SMILES string of the molecule is Nc1nc2c(ncn2C2OC(COP(=O)(O)OP(=O)(O)OP(=O)(O)O)C(O)C2O)c(=O)[nH]1.[Li]. The Labute approximate surface area is 194 Å². The van der Waals surface area contributed by atoms with Crippen LogP contribution in [0.2, 0.25) is 0 Å². The monoisotopic (exact) mass is 530 g/mol. The van der Waals surface area contributed by atoms with Crippen molar-refractivity contribution in [3.05, 3.63) is 16.7 Å². The second-order valence-corrected chi connectivity index (χ2v) is 10.6. The molecule has 6 atom stereocenters. The molecule has 0 saturated carbocycles. The van der Waals surface area contributed by atoms with Crippen LogP contribution in [0, 0.1) is 0 Å². The fraction of sp³-hybridized carbons (Fsp3) is 0.500. The van der Waals surface area contributed by atoms with E-state index in [-0.39, 0.29) is 36.0 Å². The maximum Gasteiger partial charge on any atom is 0.490 e. The molecule has 3 heterocycles. The summed E-state index contributed by atoms with van der Waals surface area (Å²) in [6.07, 6.45) is -5.33. The molecule has 0 spiro atoms. The number of ether oxygens (including phenoxy) is 1. The summed E-state index contributed by atoms with van der Waals surface area (Å²) in [6, 6.07) is 0. The molecular weight excluding hydrogens is 514 g/mol. The van der Waals surface area contributed by atoms with Crippen molar-refractivity contribution in [3.8, 4) is 0 Å². The molecule has 0 bridgehead atoms. The Kier molecular flexibility index (Phi) is 8.53. The fourth-order valence-corrected chi connectivity index (χ4v) is 5.73. The van der Waals surface area contributed by atoms with Gasteiger partial charge in [0.25, 0.3) is 5.56 Å². The van der Waals surface area contributed by atoms with Crippen molar-refractivity contribution < 1.29 is 61.4 Å². The van der Waals surface area contributed by atoms with E-state index >= 15 is 0 Å². The molecule has 6 unspecified atom stereocenters. The van der Waals surface area contributed by atoms with Crippen LogP contribution in [0.1, 0.15) is 6.23 Å². The van der Waals surface area contributed by atoms with Crippen LogP contribution in [0.3, 0.4) is 0 Å². The van der Waals surface area contributed by atoms with Gasteiger partial charge in [0, 0.05) is 18.9 Å². The minimum Gasteiger partial charge on any atom is -0.387 e. The number of aromatic nitrogens is 4. The van der Waals surface area contributed by atoms with Crippen LogP contribution < -0.4 is 11.3 Å². The minimum atomic E-state index is -5.73. The van der Waals surface area contributed by atoms with Crippen LogP contribution in [-0.4, -0.2) is 93.1 Å². The smallest absolute Gasteiger partial charge is 0.387 e. The topological polar surface area (TPSA) is 299 Å². The number of phosphoric acid groups is 3. The number of anilines is 1. The number of nitrogens with zero attached hydrogens (tertiary/aromatic N) is 3. The third-order valence-electron chi connectivity index (χ3n) is 3.88. The maximum atomic E-state index is 11.9. The van der Waals surface area contributed by atoms with Crippen LogP contribution in [0.15, 0.2) is 11.1 Å². The van der Waals surface area contributed by atoms with Gasteiger partial charge in [0.2, 0.25) is 5.95 Å². The fourth-order valence-electron chi connectivity index (χ4n) is 2.70. The van der Waals surface area contributed by atoms with Crippen molar-refractivity contribution >= 4 is 59.4 Å². The molecule has 2 aromatic rings. The Balaban J connectivity index is 0.00000385. The molecule has 0 aliphatic carbocycles. The number of nitrogens with one attached hydrogen (secondary N) is 1. The number of phosphoric ester groups is 1. The van der Waals surface area contributed by atoms with Crippen LogP contribution >= 0.6 is 23.5 Å². The molecule has 181 valence electrons. The Morgan fingerprint density at radius 3 is 2.36 bits per heavy atom. The van der Waals surface area contributed by atoms with Crippen molar-refractivity contribution in [2.75, 3.05) is 12.3 Å². The second kappa shape index (κ2) is 9.96. The first-order valence-corrected chi connectivity index (χ1v) is 12.6. The Morgan fingerprint density at radius 2 is 1.76 bits per heavy atom. The maximum absolute atomic E-state index is 11.9. The van der Waals surface area contributed by atoms with E-state index in [2.05, 4.69) is 28.1 Å². The van der Waals surface area contributed by atoms with E-state index in [9.17, 15) is 33.6 Å². The van der Waals surface area contributed by atoms with Crippen molar-refractivity contribution in [2.45, 2.75) is 24.5 Å². The number of H-pyrrole nitrogens is 1. The number of nitrogen functional groups attached to an aromatic ring is 1. The van der Waals surface area contributed by atoms with Gasteiger partial charge in [0.1, 0.15) is 18.3 Å². The molecule has 1 aliphatic heterocycles. The Morgan fingerprint density at radius 1 is 1.12 bits per heavy atom. The minimum absolute atomic E-state index is 0. The number of fused-ring (bicyclic) bond motifs is 1. The predicted octanol–water partition coefficient (Wildman–Crippen LogP) is -2.72. The molecule has 23 heteroatoms. The third-order valence-corrected chi connectivity index (χ3v) is 7.68. The van der Waals surface area contributed by atoms with Crippen LogP contribution in [0.25, 0.3) is 11.2 Å². The zero-order valence-corrected chi connectivity index (χ0v) is 19.0. The van der Waals surface area contributed by atoms with Gasteiger partial charge in [-0.05, 0) is 0 Å². The summed E-state index contributed by atoms with van der Waals surface area (Å²) in [4.78, 5) is 57.3. The van der Waals surface area contributed by atoms with Gasteiger partial charge in [-0.25, -0.2) is 18.7 Å². The number of aliphatic hydroxyl groups excluding tert-OH is 2. The summed E-state index contributed by atoms with van der Waals surface area (Å²) in [5.41, 5.74) is 4.50. The molecule has 0 amide bonds. The average molecular weight is 530 g/mol. The summed E-state index contributed by atoms with van der Waals surface area (Å²) in [5.74, 6) is -0.276. The zero-order valence-electron chi connectivity index (χ0n) is 16.3. The molecule has 19 nitrogen and oxygen atoms in total. The molecule has 0 aromatic carbocycles. The van der Waals surface area contributed by atoms with Gasteiger partial charge in [0.05, 0.1) is 12.9 Å². The van der Waals surface area contributed by atoms with Crippen LogP contribution in [0.4, 0.5) is 5.95 Å². The van der Waals surface area contributed by atoms with Crippen molar-refractivity contribution in [1.82, 2.24) is 19.5 Å². The van der Waals surface area contributed by atoms with E-state index in [0.717, 1.165) is 10.9 Å². The van der Waals surface area contributed by atoms with Gasteiger partial charge in [-0.15, -0.1) is 0 Å². The number of nitrogens with two attached hydrogens (primary N) is 1. The summed E-state index contributed by atoms with van der Waals surface area (Å²) in [5, 5.41) is 20.4. The number of imidazole rings is 1. The van der Waals surface area contributed by atoms with Crippen molar-refractivity contribution in [3.63, 3.8) is 0 Å². The zero-order chi connectivity index (χ0) is 24.1. The van der Waals surface area contributed by atoms with Gasteiger partial charge < -0.3 is 40.3 Å². The van der Waals surface area contributed by atoms with Gasteiger partial charge in [-0.3, -0.25) is 18.9 Å². The molecule has 33 heavy (non-hydrogen) atoms.